The molecule has 0 atom stereocenters. The van der Waals surface area contributed by atoms with Crippen LogP contribution in [0.25, 0.3) is 0 Å². The van der Waals surface area contributed by atoms with Gasteiger partial charge in [-0.2, -0.15) is 4.31 Å². The van der Waals surface area contributed by atoms with E-state index in [1.165, 1.54) is 22.8 Å². The third-order valence-electron chi connectivity index (χ3n) is 3.65. The Hall–Kier alpha value is -1.77. The van der Waals surface area contributed by atoms with Crippen molar-refractivity contribution in [1.82, 2.24) is 9.29 Å². The Kier molecular flexibility index (Phi) is 7.10. The zero-order chi connectivity index (χ0) is 18.3. The molecule has 0 aliphatic heterocycles. The number of thiazole rings is 1. The van der Waals surface area contributed by atoms with Crippen molar-refractivity contribution >= 4 is 27.3 Å². The van der Waals surface area contributed by atoms with Gasteiger partial charge in [0.2, 0.25) is 10.0 Å². The van der Waals surface area contributed by atoms with E-state index in [1.807, 2.05) is 0 Å². The van der Waals surface area contributed by atoms with Gasteiger partial charge in [0.1, 0.15) is 5.01 Å². The van der Waals surface area contributed by atoms with Gasteiger partial charge in [0.25, 0.3) is 0 Å². The minimum Gasteiger partial charge on any atom is -0.464 e. The van der Waals surface area contributed by atoms with Crippen LogP contribution in [0.5, 0.6) is 0 Å². The number of hydrogen-bond donors (Lipinski definition) is 0. The van der Waals surface area contributed by atoms with E-state index in [0.29, 0.717) is 11.6 Å². The van der Waals surface area contributed by atoms with Crippen LogP contribution < -0.4 is 0 Å². The predicted octanol–water partition coefficient (Wildman–Crippen LogP) is 3.31. The number of aromatic nitrogens is 1. The molecule has 8 heteroatoms. The molecule has 0 N–H and O–H groups in total. The number of benzene rings is 1. The lowest BCUT2D eigenvalue weighted by Crippen LogP contribution is -2.31. The molecular weight excluding hydrogens is 360 g/mol. The van der Waals surface area contributed by atoms with E-state index in [2.05, 4.69) is 16.6 Å². The summed E-state index contributed by atoms with van der Waals surface area (Å²) in [5.74, 6) is -0.522. The van der Waals surface area contributed by atoms with Crippen LogP contribution in [-0.2, 0) is 21.3 Å². The second-order valence-corrected chi connectivity index (χ2v) is 8.36. The number of sulfonamides is 1. The number of esters is 1. The van der Waals surface area contributed by atoms with E-state index >= 15 is 0 Å². The number of methoxy groups -OCH3 is 1. The van der Waals surface area contributed by atoms with Crippen molar-refractivity contribution in [3.63, 3.8) is 0 Å². The Labute approximate surface area is 152 Å². The molecule has 0 aliphatic rings. The van der Waals surface area contributed by atoms with Crippen molar-refractivity contribution in [2.45, 2.75) is 37.6 Å². The maximum absolute atomic E-state index is 12.9. The van der Waals surface area contributed by atoms with Crippen LogP contribution in [0.2, 0.25) is 0 Å². The highest BCUT2D eigenvalue weighted by molar-refractivity contribution is 7.89. The van der Waals surface area contributed by atoms with Crippen molar-refractivity contribution in [2.75, 3.05) is 13.7 Å². The Morgan fingerprint density at radius 3 is 2.60 bits per heavy atom. The molecule has 2 rings (SSSR count). The van der Waals surface area contributed by atoms with Gasteiger partial charge in [-0.1, -0.05) is 38.0 Å². The fourth-order valence-corrected chi connectivity index (χ4v) is 4.62. The van der Waals surface area contributed by atoms with Crippen LogP contribution >= 0.6 is 11.3 Å². The summed E-state index contributed by atoms with van der Waals surface area (Å²) in [6.45, 7) is 2.63. The maximum Gasteiger partial charge on any atom is 0.357 e. The molecular formula is C17H22N2O4S2. The average molecular weight is 383 g/mol. The molecule has 0 unspecified atom stereocenters. The van der Waals surface area contributed by atoms with Gasteiger partial charge in [0.15, 0.2) is 5.69 Å². The summed E-state index contributed by atoms with van der Waals surface area (Å²) in [5.41, 5.74) is 0.202. The Morgan fingerprint density at radius 2 is 1.96 bits per heavy atom. The molecule has 25 heavy (non-hydrogen) atoms. The number of nitrogens with zero attached hydrogens (tertiary/aromatic N) is 2. The van der Waals surface area contributed by atoms with Crippen LogP contribution in [0.4, 0.5) is 0 Å². The second kappa shape index (κ2) is 9.07. The first-order valence-electron chi connectivity index (χ1n) is 8.07. The molecule has 0 aliphatic carbocycles. The molecule has 6 nitrogen and oxygen atoms in total. The van der Waals surface area contributed by atoms with Crippen molar-refractivity contribution in [3.05, 3.63) is 46.4 Å². The summed E-state index contributed by atoms with van der Waals surface area (Å²) in [7, 11) is -2.32. The number of unbranched alkanes of at least 4 members (excludes halogenated alkanes) is 2. The summed E-state index contributed by atoms with van der Waals surface area (Å²) >= 11 is 1.25. The van der Waals surface area contributed by atoms with Crippen LogP contribution in [0.3, 0.4) is 0 Å². The van der Waals surface area contributed by atoms with E-state index in [9.17, 15) is 13.2 Å². The molecule has 0 saturated carbocycles. The normalized spacial score (nSPS) is 11.6. The van der Waals surface area contributed by atoms with Gasteiger partial charge in [-0.15, -0.1) is 11.3 Å². The molecule has 1 heterocycles. The smallest absolute Gasteiger partial charge is 0.357 e. The molecule has 0 saturated heterocycles. The minimum atomic E-state index is -3.61. The summed E-state index contributed by atoms with van der Waals surface area (Å²) in [4.78, 5) is 16.0. The van der Waals surface area contributed by atoms with E-state index < -0.39 is 16.0 Å². The Bertz CT molecular complexity index is 788. The van der Waals surface area contributed by atoms with Gasteiger partial charge in [-0.25, -0.2) is 18.2 Å². The average Bonchev–Trinajstić information content (AvgIpc) is 3.09. The van der Waals surface area contributed by atoms with Gasteiger partial charge in [0.05, 0.1) is 18.6 Å². The predicted molar refractivity (Wildman–Crippen MR) is 97.0 cm³/mol. The van der Waals surface area contributed by atoms with E-state index in [0.717, 1.165) is 19.3 Å². The molecule has 0 fully saturated rings. The quantitative estimate of drug-likeness (QED) is 0.491. The van der Waals surface area contributed by atoms with Gasteiger partial charge >= 0.3 is 5.97 Å². The summed E-state index contributed by atoms with van der Waals surface area (Å²) < 4.78 is 32.0. The second-order valence-electron chi connectivity index (χ2n) is 5.48. The summed E-state index contributed by atoms with van der Waals surface area (Å²) in [5, 5.41) is 2.15. The number of ether oxygens (including phenoxy) is 1. The van der Waals surface area contributed by atoms with Gasteiger partial charge in [-0.3, -0.25) is 0 Å². The molecule has 1 aromatic heterocycles. The maximum atomic E-state index is 12.9. The number of carbonyl (C=O) groups is 1. The number of rotatable bonds is 9. The van der Waals surface area contributed by atoms with Crippen molar-refractivity contribution in [3.8, 4) is 0 Å². The van der Waals surface area contributed by atoms with Crippen molar-refractivity contribution in [2.24, 2.45) is 0 Å². The number of carbonyl (C=O) groups excluding carboxylic acids is 1. The molecule has 1 aromatic carbocycles. The fraction of sp³-hybridized carbons (Fsp3) is 0.412. The lowest BCUT2D eigenvalue weighted by molar-refractivity contribution is 0.0594. The standard InChI is InChI=1S/C17H22N2O4S2/c1-3-4-8-11-19(25(21,22)14-9-6-5-7-10-14)12-16-18-15(13-24-16)17(20)23-2/h5-7,9-10,13H,3-4,8,11-12H2,1-2H3. The van der Waals surface area contributed by atoms with Crippen LogP contribution in [-0.4, -0.2) is 37.3 Å². The molecule has 2 aromatic rings. The first kappa shape index (κ1) is 19.6. The molecule has 0 amide bonds. The molecule has 0 radical (unpaired) electrons. The monoisotopic (exact) mass is 382 g/mol. The largest absolute Gasteiger partial charge is 0.464 e. The topological polar surface area (TPSA) is 76.6 Å². The first-order chi connectivity index (χ1) is 12.0. The van der Waals surface area contributed by atoms with Gasteiger partial charge in [-0.05, 0) is 18.6 Å². The van der Waals surface area contributed by atoms with Crippen molar-refractivity contribution < 1.29 is 17.9 Å². The van der Waals surface area contributed by atoms with Crippen LogP contribution in [0.15, 0.2) is 40.6 Å². The lowest BCUT2D eigenvalue weighted by Gasteiger charge is -2.21. The third-order valence-corrected chi connectivity index (χ3v) is 6.34. The Morgan fingerprint density at radius 1 is 1.24 bits per heavy atom. The van der Waals surface area contributed by atoms with E-state index in [1.54, 1.807) is 35.7 Å². The highest BCUT2D eigenvalue weighted by Crippen LogP contribution is 2.21. The highest BCUT2D eigenvalue weighted by Gasteiger charge is 2.25. The molecule has 0 spiro atoms. The summed E-state index contributed by atoms with van der Waals surface area (Å²) in [6.07, 6.45) is 2.73. The SMILES string of the molecule is CCCCCN(Cc1nc(C(=O)OC)cs1)S(=O)(=O)c1ccccc1. The zero-order valence-corrected chi connectivity index (χ0v) is 16.0. The molecule has 136 valence electrons. The minimum absolute atomic E-state index is 0.141. The van der Waals surface area contributed by atoms with Gasteiger partial charge in [0, 0.05) is 11.9 Å². The van der Waals surface area contributed by atoms with Gasteiger partial charge < -0.3 is 4.74 Å². The van der Waals surface area contributed by atoms with E-state index in [4.69, 9.17) is 0 Å². The first-order valence-corrected chi connectivity index (χ1v) is 10.4. The van der Waals surface area contributed by atoms with E-state index in [-0.39, 0.29) is 17.1 Å². The highest BCUT2D eigenvalue weighted by atomic mass is 32.2. The summed E-state index contributed by atoms with van der Waals surface area (Å²) in [6, 6.07) is 8.36. The number of hydrogen-bond acceptors (Lipinski definition) is 6. The lowest BCUT2D eigenvalue weighted by atomic mass is 10.2. The third kappa shape index (κ3) is 5.10. The molecule has 0 bridgehead atoms. The van der Waals surface area contributed by atoms with Crippen molar-refractivity contribution in [1.29, 1.82) is 0 Å². The Balaban J connectivity index is 2.23. The van der Waals surface area contributed by atoms with Crippen LogP contribution in [0.1, 0.15) is 41.7 Å². The fourth-order valence-electron chi connectivity index (χ4n) is 2.30. The van der Waals surface area contributed by atoms with Crippen LogP contribution in [0, 0.1) is 0 Å². The zero-order valence-electron chi connectivity index (χ0n) is 14.3.